The van der Waals surface area contributed by atoms with Crippen LogP contribution in [-0.2, 0) is 24.8 Å². The van der Waals surface area contributed by atoms with Crippen LogP contribution < -0.4 is 10.2 Å². The van der Waals surface area contributed by atoms with Crippen molar-refractivity contribution in [1.82, 2.24) is 5.32 Å². The summed E-state index contributed by atoms with van der Waals surface area (Å²) in [5, 5.41) is 2.52. The number of ether oxygens (including phenoxy) is 1. The largest absolute Gasteiger partial charge is 0.442 e. The summed E-state index contributed by atoms with van der Waals surface area (Å²) >= 11 is 0. The van der Waals surface area contributed by atoms with Crippen molar-refractivity contribution in [3.63, 3.8) is 0 Å². The van der Waals surface area contributed by atoms with Crippen molar-refractivity contribution in [2.45, 2.75) is 24.9 Å². The number of fused-ring (bicyclic) bond motifs is 1. The molecule has 0 aromatic heterocycles. The Labute approximate surface area is 154 Å². The highest BCUT2D eigenvalue weighted by atomic mass is 32.2. The van der Waals surface area contributed by atoms with Gasteiger partial charge in [0.2, 0.25) is 5.91 Å². The van der Waals surface area contributed by atoms with Crippen molar-refractivity contribution >= 4 is 27.5 Å². The Morgan fingerprint density at radius 1 is 1.37 bits per heavy atom. The summed E-state index contributed by atoms with van der Waals surface area (Å²) in [6.07, 6.45) is -0.939. The van der Waals surface area contributed by atoms with E-state index in [-0.39, 0.29) is 47.7 Å². The van der Waals surface area contributed by atoms with Gasteiger partial charge in [-0.25, -0.2) is 22.0 Å². The Morgan fingerprint density at radius 2 is 2.04 bits per heavy atom. The molecular formula is C17H18F2N2O5S. The van der Waals surface area contributed by atoms with Crippen LogP contribution in [0, 0.1) is 17.6 Å². The predicted octanol–water partition coefficient (Wildman–Crippen LogP) is 1.11. The summed E-state index contributed by atoms with van der Waals surface area (Å²) in [6, 6.07) is 2.07. The number of sulfone groups is 1. The second-order valence-electron chi connectivity index (χ2n) is 7.45. The number of hydrogen-bond acceptors (Lipinski definition) is 5. The van der Waals surface area contributed by atoms with E-state index in [0.717, 1.165) is 17.0 Å². The van der Waals surface area contributed by atoms with E-state index in [1.165, 1.54) is 6.92 Å². The molecule has 10 heteroatoms. The third-order valence-electron chi connectivity index (χ3n) is 5.45. The molecule has 2 amide bonds. The van der Waals surface area contributed by atoms with Crippen LogP contribution >= 0.6 is 0 Å². The van der Waals surface area contributed by atoms with Crippen LogP contribution in [0.15, 0.2) is 12.1 Å². The summed E-state index contributed by atoms with van der Waals surface area (Å²) in [4.78, 5) is 24.1. The van der Waals surface area contributed by atoms with Crippen molar-refractivity contribution < 1.29 is 31.5 Å². The Morgan fingerprint density at radius 3 is 2.59 bits per heavy atom. The fraction of sp³-hybridized carbons (Fsp3) is 0.529. The van der Waals surface area contributed by atoms with Crippen LogP contribution in [0.2, 0.25) is 0 Å². The van der Waals surface area contributed by atoms with E-state index in [0.29, 0.717) is 6.42 Å². The lowest BCUT2D eigenvalue weighted by molar-refractivity contribution is -0.119. The molecule has 2 heterocycles. The molecule has 2 aliphatic heterocycles. The molecule has 3 fully saturated rings. The van der Waals surface area contributed by atoms with Crippen molar-refractivity contribution in [2.75, 3.05) is 29.5 Å². The third kappa shape index (κ3) is 3.05. The topological polar surface area (TPSA) is 92.8 Å². The molecule has 1 saturated carbocycles. The molecule has 3 aliphatic rings. The number of carbonyl (C=O) groups excluding carboxylic acids is 2. The number of benzene rings is 1. The monoisotopic (exact) mass is 400 g/mol. The average Bonchev–Trinajstić information content (AvgIpc) is 2.92. The van der Waals surface area contributed by atoms with Gasteiger partial charge in [0, 0.05) is 17.9 Å². The van der Waals surface area contributed by atoms with Gasteiger partial charge < -0.3 is 10.1 Å². The number of nitrogens with one attached hydrogen (secondary N) is 1. The number of hydrogen-bond donors (Lipinski definition) is 1. The van der Waals surface area contributed by atoms with Gasteiger partial charge in [-0.05, 0) is 24.5 Å². The minimum atomic E-state index is -3.29. The average molecular weight is 400 g/mol. The van der Waals surface area contributed by atoms with Gasteiger partial charge in [-0.15, -0.1) is 0 Å². The van der Waals surface area contributed by atoms with Crippen molar-refractivity contribution in [3.8, 4) is 0 Å². The third-order valence-corrected chi connectivity index (χ3v) is 7.32. The molecule has 7 nitrogen and oxygen atoms in total. The van der Waals surface area contributed by atoms with E-state index in [2.05, 4.69) is 5.32 Å². The van der Waals surface area contributed by atoms with Crippen molar-refractivity contribution in [3.05, 3.63) is 29.3 Å². The molecule has 2 saturated heterocycles. The van der Waals surface area contributed by atoms with E-state index >= 15 is 0 Å². The zero-order valence-corrected chi connectivity index (χ0v) is 15.3. The molecule has 4 rings (SSSR count). The summed E-state index contributed by atoms with van der Waals surface area (Å²) < 4.78 is 58.2. The number of anilines is 1. The van der Waals surface area contributed by atoms with Gasteiger partial charge in [0.15, 0.2) is 9.84 Å². The van der Waals surface area contributed by atoms with Crippen molar-refractivity contribution in [1.29, 1.82) is 0 Å². The molecule has 146 valence electrons. The van der Waals surface area contributed by atoms with Gasteiger partial charge in [0.1, 0.15) is 17.7 Å². The number of nitrogens with zero attached hydrogens (tertiary/aromatic N) is 1. The molecule has 0 bridgehead atoms. The predicted molar refractivity (Wildman–Crippen MR) is 91.1 cm³/mol. The first-order chi connectivity index (χ1) is 12.6. The number of cyclic esters (lactones) is 1. The zero-order valence-electron chi connectivity index (χ0n) is 14.5. The Bertz CT molecular complexity index is 928. The maximum Gasteiger partial charge on any atom is 0.414 e. The number of amides is 2. The van der Waals surface area contributed by atoms with Gasteiger partial charge in [0.25, 0.3) is 0 Å². The lowest BCUT2D eigenvalue weighted by Gasteiger charge is -2.18. The van der Waals surface area contributed by atoms with Gasteiger partial charge in [-0.1, -0.05) is 0 Å². The van der Waals surface area contributed by atoms with Crippen molar-refractivity contribution in [2.24, 2.45) is 5.92 Å². The van der Waals surface area contributed by atoms with Crippen LogP contribution in [0.5, 0.6) is 0 Å². The molecule has 0 unspecified atom stereocenters. The van der Waals surface area contributed by atoms with Crippen LogP contribution in [0.1, 0.15) is 18.9 Å². The summed E-state index contributed by atoms with van der Waals surface area (Å²) in [5.74, 6) is -2.54. The first-order valence-electron chi connectivity index (χ1n) is 8.54. The van der Waals surface area contributed by atoms with Gasteiger partial charge in [-0.3, -0.25) is 9.69 Å². The SMILES string of the molecule is CC(=O)NC[C@H]1CN(c2cc(F)c([C@@]34C[C@@H]3CS(=O)(=O)C4)c(F)c2)C(=O)O1. The fourth-order valence-corrected chi connectivity index (χ4v) is 6.65. The molecule has 27 heavy (non-hydrogen) atoms. The van der Waals surface area contributed by atoms with E-state index in [4.69, 9.17) is 4.74 Å². The number of carbonyl (C=O) groups is 2. The second-order valence-corrected chi connectivity index (χ2v) is 9.56. The lowest BCUT2D eigenvalue weighted by Crippen LogP contribution is -2.33. The molecular weight excluding hydrogens is 382 g/mol. The molecule has 1 N–H and O–H groups in total. The van der Waals surface area contributed by atoms with E-state index in [1.807, 2.05) is 0 Å². The second kappa shape index (κ2) is 5.88. The van der Waals surface area contributed by atoms with Crippen LogP contribution in [0.3, 0.4) is 0 Å². The zero-order chi connectivity index (χ0) is 19.6. The molecule has 0 spiro atoms. The molecule has 1 aromatic rings. The summed E-state index contributed by atoms with van der Waals surface area (Å²) in [7, 11) is -3.29. The van der Waals surface area contributed by atoms with E-state index in [1.54, 1.807) is 0 Å². The highest BCUT2D eigenvalue weighted by Gasteiger charge is 2.65. The smallest absolute Gasteiger partial charge is 0.414 e. The van der Waals surface area contributed by atoms with Gasteiger partial charge >= 0.3 is 6.09 Å². The number of halogens is 2. The molecule has 3 atom stereocenters. The summed E-state index contributed by atoms with van der Waals surface area (Å²) in [5.41, 5.74) is -1.19. The van der Waals surface area contributed by atoms with Gasteiger partial charge in [-0.2, -0.15) is 0 Å². The Balaban J connectivity index is 1.58. The summed E-state index contributed by atoms with van der Waals surface area (Å²) in [6.45, 7) is 1.47. The first kappa shape index (κ1) is 18.1. The van der Waals surface area contributed by atoms with Crippen LogP contribution in [-0.4, -0.2) is 51.1 Å². The maximum atomic E-state index is 14.7. The molecule has 1 aromatic carbocycles. The quantitative estimate of drug-likeness (QED) is 0.818. The lowest BCUT2D eigenvalue weighted by atomic mass is 9.94. The first-order valence-corrected chi connectivity index (χ1v) is 10.4. The highest BCUT2D eigenvalue weighted by molar-refractivity contribution is 7.91. The minimum absolute atomic E-state index is 0.00136. The van der Waals surface area contributed by atoms with E-state index < -0.39 is 39.1 Å². The Hall–Kier alpha value is -2.23. The fourth-order valence-electron chi connectivity index (χ4n) is 4.20. The normalized spacial score (nSPS) is 30.8. The standard InChI is InChI=1S/C17H18F2N2O5S/c1-9(22)20-5-12-6-21(16(23)26-12)11-2-13(18)15(14(19)3-11)17-4-10(17)7-27(24,25)8-17/h2-3,10,12H,4-8H2,1H3,(H,20,22)/t10-,12+,17-/m1/s1. The van der Waals surface area contributed by atoms with Gasteiger partial charge in [0.05, 0.1) is 30.3 Å². The minimum Gasteiger partial charge on any atom is -0.442 e. The van der Waals surface area contributed by atoms with Crippen LogP contribution in [0.25, 0.3) is 0 Å². The van der Waals surface area contributed by atoms with E-state index in [9.17, 15) is 26.8 Å². The Kier molecular flexibility index (Phi) is 3.95. The maximum absolute atomic E-state index is 14.7. The number of rotatable bonds is 4. The van der Waals surface area contributed by atoms with Crippen LogP contribution in [0.4, 0.5) is 19.3 Å². The molecule has 0 radical (unpaired) electrons. The highest BCUT2D eigenvalue weighted by Crippen LogP contribution is 2.61. The molecule has 1 aliphatic carbocycles.